The van der Waals surface area contributed by atoms with Gasteiger partial charge in [-0.25, -0.2) is 80.9 Å². The summed E-state index contributed by atoms with van der Waals surface area (Å²) in [5.74, 6) is 0.484. The number of nitrogens with zero attached hydrogens (tertiary/aromatic N) is 12. The first-order valence-corrected chi connectivity index (χ1v) is 52.2. The van der Waals surface area contributed by atoms with Gasteiger partial charge in [-0.2, -0.15) is 0 Å². The third-order valence-corrected chi connectivity index (χ3v) is 34.3. The number of aliphatic hydroxyl groups is 1. The molecular formula is C105H141ClN18O12S3. The normalized spacial score (nSPS) is 21.4. The fraction of sp³-hybridized carbons (Fsp3) is 0.524. The second-order valence-corrected chi connectivity index (χ2v) is 48.6. The van der Waals surface area contributed by atoms with Crippen molar-refractivity contribution in [1.29, 1.82) is 0 Å². The van der Waals surface area contributed by atoms with Crippen LogP contribution in [0.4, 0.5) is 22.2 Å². The third kappa shape index (κ3) is 23.7. The first-order valence-electron chi connectivity index (χ1n) is 48.3. The number of benzene rings is 5. The van der Waals surface area contributed by atoms with E-state index in [9.17, 15) is 36.9 Å². The number of carbonyl (C=O) groups excluding carboxylic acids is 4. The van der Waals surface area contributed by atoms with Crippen LogP contribution in [0.3, 0.4) is 0 Å². The van der Waals surface area contributed by atoms with Crippen LogP contribution in [0, 0.1) is 27.1 Å². The number of hydrogen-bond donors (Lipinski definition) is 7. The largest absolute Gasteiger partial charge is 0.464 e. The van der Waals surface area contributed by atoms with Crippen LogP contribution in [-0.2, 0) is 90.6 Å². The maximum absolute atomic E-state index is 13.0. The number of piperidine rings is 5. The summed E-state index contributed by atoms with van der Waals surface area (Å²) in [4.78, 5) is 88.8. The molecule has 19 rings (SSSR count). The van der Waals surface area contributed by atoms with Gasteiger partial charge in [-0.1, -0.05) is 133 Å². The van der Waals surface area contributed by atoms with E-state index in [2.05, 4.69) is 200 Å². The van der Waals surface area contributed by atoms with Crippen molar-refractivity contribution in [1.82, 2.24) is 64.3 Å². The SMILES string of the molecule is CC(C)(C)OC(=O)N1CCC2(CC1)Cc1ccccc1[C@H]2N[S@](=O)C(C)(C)C.CC(C)(C)[S@@](=O)N[C@@H]1c2ccccc2CC12CCNCC2.COC(=O)c1nccnc1Cl.COC(=O)c1nccnc1N1CCC2(CC1)Cc1ccccc1[C@H]2N.COC(=O)c1nccnc1N1CCC2(CC1)Cc1ccccc1[C@H]2N[S@](=O)C(C)(C)C.N[C@@H]1c2ccccc2CC12CCN(c1nccnc1CO)CC2.[HH]. The summed E-state index contributed by atoms with van der Waals surface area (Å²) in [6.45, 7) is 32.1. The predicted octanol–water partition coefficient (Wildman–Crippen LogP) is 15.3. The number of rotatable bonds is 13. The number of amides is 1. The van der Waals surface area contributed by atoms with E-state index in [-0.39, 0.29) is 108 Å². The number of nitrogens with two attached hydrogens (primary N) is 2. The lowest BCUT2D eigenvalue weighted by Crippen LogP contribution is -2.49. The minimum Gasteiger partial charge on any atom is -0.464 e. The Labute approximate surface area is 832 Å². The van der Waals surface area contributed by atoms with Crippen molar-refractivity contribution in [2.24, 2.45) is 38.5 Å². The number of anilines is 3. The van der Waals surface area contributed by atoms with Crippen LogP contribution in [0.25, 0.3) is 0 Å². The van der Waals surface area contributed by atoms with Crippen molar-refractivity contribution in [3.8, 4) is 0 Å². The van der Waals surface area contributed by atoms with Crippen LogP contribution < -0.4 is 45.7 Å². The lowest BCUT2D eigenvalue weighted by atomic mass is 9.73. The molecule has 5 saturated heterocycles. The van der Waals surface area contributed by atoms with Crippen molar-refractivity contribution in [3.63, 3.8) is 0 Å². The van der Waals surface area contributed by atoms with Crippen LogP contribution in [0.1, 0.15) is 272 Å². The van der Waals surface area contributed by atoms with E-state index in [1.54, 1.807) is 24.8 Å². The molecule has 5 aromatic carbocycles. The smallest absolute Gasteiger partial charge is 0.410 e. The van der Waals surface area contributed by atoms with Crippen molar-refractivity contribution in [3.05, 3.63) is 254 Å². The molecule has 5 aliphatic heterocycles. The van der Waals surface area contributed by atoms with Gasteiger partial charge in [0.15, 0.2) is 39.7 Å². The summed E-state index contributed by atoms with van der Waals surface area (Å²) in [5, 5.41) is 13.0. The van der Waals surface area contributed by atoms with Crippen molar-refractivity contribution in [2.75, 3.05) is 101 Å². The Kier molecular flexibility index (Phi) is 33.3. The molecule has 9 aromatic rings. The first-order chi connectivity index (χ1) is 66.2. The standard InChI is InChI=1S/C23H30N4O3S.C22H34N2O3S.C19H22N4O2.C18H22N4O.C17H26N2OS.C6H5ClN2O2.H2/c1-22(2,3)31(29)26-19-17-8-6-5-7-16(17)15-23(19)9-13-27(14-10-23)20-18(21(28)30-4)24-11-12-25-20;1-20(2,3)27-19(25)24-13-11-22(12-14-24)15-16-9-7-8-10-17(16)18(22)23-28(26)21(4,5)6;1-25-18(24)15-17(22-9-8-21-15)23-10-6-19(7-11-23)12-13-4-2-3-5-14(13)16(19)20;19-16-14-4-2-1-3-13(14)11-18(16)5-9-22(10-6-18)17-15(12-23)20-7-8-21-17;1-16(2,3)21(20)19-15-14-7-5-4-6-13(14)12-17(15)8-10-18-11-9-17;1-11-6(10)4-5(7)9-3-2-8-4;/h5-8,11-12,19,26H,9-10,13-15H2,1-4H3;7-10,18,23H,11-15H2,1-6H3;2-5,8-9,16H,6-7,10-12,20H2,1H3;1-4,7-8,16,23H,5-6,9-12,19H2;4-7,15,18-19H,8-12H2,1-3H3;2-3H,1H3;1H/t19-,31-;18-,28-;2*16-;15-,21-;;/m11111../s1. The average Bonchev–Trinajstić information content (AvgIpc) is 1.61. The number of likely N-dealkylation sites (tertiary alicyclic amines) is 1. The molecule has 10 aliphatic rings. The number of aliphatic hydroxyl groups excluding tert-OH is 1. The van der Waals surface area contributed by atoms with Crippen LogP contribution in [0.5, 0.6) is 0 Å². The molecule has 9 N–H and O–H groups in total. The molecule has 1 amide bonds. The lowest BCUT2D eigenvalue weighted by Gasteiger charge is -2.44. The Balaban J connectivity index is 0.000000144. The number of hydrogen-bond acceptors (Lipinski definition) is 26. The highest BCUT2D eigenvalue weighted by Crippen LogP contribution is 2.58. The van der Waals surface area contributed by atoms with Gasteiger partial charge < -0.3 is 60.4 Å². The minimum atomic E-state index is -1.17. The number of methoxy groups -OCH3 is 3. The fourth-order valence-corrected chi connectivity index (χ4v) is 24.6. The summed E-state index contributed by atoms with van der Waals surface area (Å²) in [5.41, 5.74) is 27.8. The van der Waals surface area contributed by atoms with Crippen LogP contribution in [0.15, 0.2) is 171 Å². The highest BCUT2D eigenvalue weighted by Gasteiger charge is 2.54. The van der Waals surface area contributed by atoms with Gasteiger partial charge in [0.1, 0.15) is 11.3 Å². The fourth-order valence-electron chi connectivity index (χ4n) is 21.6. The minimum absolute atomic E-state index is 0. The Bertz CT molecular complexity index is 5880. The zero-order valence-corrected chi connectivity index (χ0v) is 86.2. The van der Waals surface area contributed by atoms with E-state index < -0.39 is 56.5 Å². The number of nitrogens with one attached hydrogen (secondary N) is 4. The van der Waals surface area contributed by atoms with E-state index in [1.807, 2.05) is 88.0 Å². The van der Waals surface area contributed by atoms with Gasteiger partial charge in [-0.3, -0.25) is 4.98 Å². The molecule has 0 saturated carbocycles. The topological polar surface area (TPSA) is 393 Å². The molecule has 8 atom stereocenters. The van der Waals surface area contributed by atoms with Crippen molar-refractivity contribution in [2.45, 2.75) is 236 Å². The van der Waals surface area contributed by atoms with Gasteiger partial charge in [0.05, 0.1) is 93.3 Å². The zero-order valence-electron chi connectivity index (χ0n) is 83.0. The van der Waals surface area contributed by atoms with Gasteiger partial charge in [-0.15, -0.1) is 0 Å². The molecule has 5 spiro atoms. The summed E-state index contributed by atoms with van der Waals surface area (Å²) in [7, 11) is 0.628. The molecule has 0 unspecified atom stereocenters. The Morgan fingerprint density at radius 3 is 1.02 bits per heavy atom. The number of ether oxygens (including phenoxy) is 4. The number of halogens is 1. The molecule has 5 aliphatic carbocycles. The van der Waals surface area contributed by atoms with E-state index >= 15 is 0 Å². The quantitative estimate of drug-likeness (QED) is 0.0416. The van der Waals surface area contributed by atoms with Gasteiger partial charge in [-0.05, 0) is 275 Å². The molecule has 9 heterocycles. The highest BCUT2D eigenvalue weighted by atomic mass is 35.5. The molecule has 748 valence electrons. The second kappa shape index (κ2) is 44.2. The molecule has 30 nitrogen and oxygen atoms in total. The summed E-state index contributed by atoms with van der Waals surface area (Å²) >= 11 is 5.52. The number of aromatic nitrogens is 8. The third-order valence-electron chi connectivity index (χ3n) is 29.3. The maximum Gasteiger partial charge on any atom is 0.410 e. The molecule has 0 bridgehead atoms. The van der Waals surface area contributed by atoms with Gasteiger partial charge in [0, 0.05) is 115 Å². The van der Waals surface area contributed by atoms with E-state index in [4.69, 9.17) is 37.3 Å². The van der Waals surface area contributed by atoms with Crippen LogP contribution >= 0.6 is 11.6 Å². The maximum atomic E-state index is 13.0. The summed E-state index contributed by atoms with van der Waals surface area (Å²) < 4.78 is 67.7. The molecule has 34 heteroatoms. The average molecular weight is 1980 g/mol. The lowest BCUT2D eigenvalue weighted by molar-refractivity contribution is 0.00717. The predicted molar refractivity (Wildman–Crippen MR) is 547 cm³/mol. The molecule has 5 fully saturated rings. The molecule has 139 heavy (non-hydrogen) atoms. The van der Waals surface area contributed by atoms with Crippen LogP contribution in [-0.4, -0.2) is 193 Å². The Morgan fingerprint density at radius 2 is 0.683 bits per heavy atom. The Hall–Kier alpha value is -10.0. The monoisotopic (exact) mass is 1980 g/mol. The van der Waals surface area contributed by atoms with Gasteiger partial charge >= 0.3 is 24.0 Å². The summed E-state index contributed by atoms with van der Waals surface area (Å²) in [6.07, 6.45) is 27.1. The molecular weight excluding hydrogens is 1840 g/mol. The van der Waals surface area contributed by atoms with E-state index in [0.717, 1.165) is 154 Å². The molecule has 4 aromatic heterocycles. The zero-order chi connectivity index (χ0) is 99.6. The first kappa shape index (κ1) is 105. The number of esters is 3. The number of carbonyl (C=O) groups is 4. The number of fused-ring (bicyclic) bond motifs is 5. The van der Waals surface area contributed by atoms with Crippen molar-refractivity contribution < 1.29 is 57.3 Å². The van der Waals surface area contributed by atoms with E-state index in [1.165, 1.54) is 102 Å². The van der Waals surface area contributed by atoms with Gasteiger partial charge in [0.25, 0.3) is 0 Å². The van der Waals surface area contributed by atoms with Crippen molar-refractivity contribution >= 4 is 86.0 Å². The van der Waals surface area contributed by atoms with Crippen LogP contribution in [0.2, 0.25) is 5.15 Å². The Morgan fingerprint density at radius 1 is 0.403 bits per heavy atom. The van der Waals surface area contributed by atoms with E-state index in [0.29, 0.717) is 30.4 Å². The highest BCUT2D eigenvalue weighted by molar-refractivity contribution is 7.85. The van der Waals surface area contributed by atoms with Gasteiger partial charge in [0.2, 0.25) is 0 Å². The molecule has 0 radical (unpaired) electrons. The summed E-state index contributed by atoms with van der Waals surface area (Å²) in [6, 6.07) is 43.2. The second-order valence-electron chi connectivity index (χ2n) is 42.2.